The predicted octanol–water partition coefficient (Wildman–Crippen LogP) is 1.23. The highest BCUT2D eigenvalue weighted by atomic mass is 16.3. The minimum atomic E-state index is -0.591. The first-order valence-electron chi connectivity index (χ1n) is 7.85. The number of aliphatic hydroxyl groups is 1. The molecule has 2 atom stereocenters. The van der Waals surface area contributed by atoms with Crippen LogP contribution in [0.1, 0.15) is 26.0 Å². The van der Waals surface area contributed by atoms with E-state index >= 15 is 0 Å². The molecule has 1 aromatic carbocycles. The highest BCUT2D eigenvalue weighted by molar-refractivity contribution is 5.83. The lowest BCUT2D eigenvalue weighted by atomic mass is 10.0. The molecule has 2 aromatic rings. The summed E-state index contributed by atoms with van der Waals surface area (Å²) in [6, 6.07) is 7.21. The molecule has 0 aliphatic heterocycles. The number of nitrogens with one attached hydrogen (secondary N) is 1. The van der Waals surface area contributed by atoms with Crippen molar-refractivity contribution in [1.29, 1.82) is 0 Å². The molecule has 0 spiro atoms. The van der Waals surface area contributed by atoms with Crippen molar-refractivity contribution in [2.24, 2.45) is 5.92 Å². The maximum atomic E-state index is 12.4. The Balaban J connectivity index is 2.11. The van der Waals surface area contributed by atoms with E-state index in [9.17, 15) is 14.7 Å². The molecule has 2 rings (SSSR count). The van der Waals surface area contributed by atoms with Crippen LogP contribution in [-0.2, 0) is 11.3 Å². The highest BCUT2D eigenvalue weighted by Crippen LogP contribution is 2.11. The zero-order valence-corrected chi connectivity index (χ0v) is 13.7. The van der Waals surface area contributed by atoms with Gasteiger partial charge in [0.1, 0.15) is 6.54 Å². The van der Waals surface area contributed by atoms with E-state index in [2.05, 4.69) is 10.4 Å². The molecule has 0 saturated carbocycles. The molecule has 23 heavy (non-hydrogen) atoms. The molecule has 0 saturated heterocycles. The summed E-state index contributed by atoms with van der Waals surface area (Å²) in [5, 5.41) is 18.1. The highest BCUT2D eigenvalue weighted by Gasteiger charge is 2.15. The van der Waals surface area contributed by atoms with Crippen molar-refractivity contribution in [3.8, 4) is 0 Å². The maximum absolute atomic E-state index is 12.4. The van der Waals surface area contributed by atoms with Crippen molar-refractivity contribution < 1.29 is 9.90 Å². The fraction of sp³-hybridized carbons (Fsp3) is 0.471. The van der Waals surface area contributed by atoms with Gasteiger partial charge in [0.2, 0.25) is 5.91 Å². The van der Waals surface area contributed by atoms with Crippen LogP contribution in [0.2, 0.25) is 0 Å². The van der Waals surface area contributed by atoms with Crippen molar-refractivity contribution >= 4 is 16.7 Å². The van der Waals surface area contributed by atoms with Crippen molar-refractivity contribution in [2.45, 2.75) is 39.8 Å². The van der Waals surface area contributed by atoms with Gasteiger partial charge in [0.25, 0.3) is 5.56 Å². The van der Waals surface area contributed by atoms with Gasteiger partial charge in [0, 0.05) is 11.9 Å². The van der Waals surface area contributed by atoms with Crippen LogP contribution in [-0.4, -0.2) is 33.4 Å². The number of carbonyl (C=O) groups is 1. The quantitative estimate of drug-likeness (QED) is 0.839. The van der Waals surface area contributed by atoms with Crippen molar-refractivity contribution in [1.82, 2.24) is 15.1 Å². The van der Waals surface area contributed by atoms with Crippen LogP contribution >= 0.6 is 0 Å². The van der Waals surface area contributed by atoms with Crippen LogP contribution in [0.5, 0.6) is 0 Å². The summed E-state index contributed by atoms with van der Waals surface area (Å²) in [5.41, 5.74) is 0.413. The molecule has 0 fully saturated rings. The molecule has 0 aliphatic rings. The molecule has 2 unspecified atom stereocenters. The zero-order chi connectivity index (χ0) is 17.0. The number of aromatic nitrogens is 2. The Kier molecular flexibility index (Phi) is 5.50. The predicted molar refractivity (Wildman–Crippen MR) is 89.2 cm³/mol. The monoisotopic (exact) mass is 317 g/mol. The first kappa shape index (κ1) is 17.1. The van der Waals surface area contributed by atoms with Crippen molar-refractivity contribution in [2.75, 3.05) is 6.54 Å². The topological polar surface area (TPSA) is 84.2 Å². The second kappa shape index (κ2) is 7.37. The molecule has 1 amide bonds. The smallest absolute Gasteiger partial charge is 0.275 e. The lowest BCUT2D eigenvalue weighted by Crippen LogP contribution is -2.39. The van der Waals surface area contributed by atoms with E-state index in [4.69, 9.17) is 0 Å². The van der Waals surface area contributed by atoms with Gasteiger partial charge in [-0.25, -0.2) is 4.68 Å². The van der Waals surface area contributed by atoms with Gasteiger partial charge in [-0.15, -0.1) is 0 Å². The minimum absolute atomic E-state index is 0.110. The number of aliphatic hydroxyl groups excluding tert-OH is 1. The van der Waals surface area contributed by atoms with Gasteiger partial charge in [-0.1, -0.05) is 38.5 Å². The Labute approximate surface area is 135 Å². The van der Waals surface area contributed by atoms with Crippen LogP contribution in [0, 0.1) is 12.8 Å². The summed E-state index contributed by atoms with van der Waals surface area (Å²) in [6.07, 6.45) is 0.244. The Hall–Kier alpha value is -2.21. The normalized spacial score (nSPS) is 13.7. The van der Waals surface area contributed by atoms with Crippen molar-refractivity contribution in [3.63, 3.8) is 0 Å². The summed E-state index contributed by atoms with van der Waals surface area (Å²) in [4.78, 5) is 24.4. The van der Waals surface area contributed by atoms with Gasteiger partial charge in [0.05, 0.1) is 17.2 Å². The summed E-state index contributed by atoms with van der Waals surface area (Å²) in [5.74, 6) is -0.226. The second-order valence-corrected chi connectivity index (χ2v) is 5.85. The molecule has 124 valence electrons. The Bertz CT molecular complexity index is 754. The number of nitrogens with zero attached hydrogens (tertiary/aromatic N) is 2. The minimum Gasteiger partial charge on any atom is -0.391 e. The standard InChI is InChI=1S/C17H23N3O3/c1-4-11(2)15(21)9-18-16(22)10-20-17(23)14-8-6-5-7-13(14)12(3)19-20/h5-8,11,15,21H,4,9-10H2,1-3H3,(H,18,22). The lowest BCUT2D eigenvalue weighted by molar-refractivity contribution is -0.122. The Morgan fingerprint density at radius 3 is 2.65 bits per heavy atom. The number of amides is 1. The zero-order valence-electron chi connectivity index (χ0n) is 13.7. The maximum Gasteiger partial charge on any atom is 0.275 e. The van der Waals surface area contributed by atoms with E-state index in [-0.39, 0.29) is 30.5 Å². The van der Waals surface area contributed by atoms with E-state index in [0.717, 1.165) is 11.8 Å². The van der Waals surface area contributed by atoms with Crippen molar-refractivity contribution in [3.05, 3.63) is 40.3 Å². The number of hydrogen-bond acceptors (Lipinski definition) is 4. The fourth-order valence-corrected chi connectivity index (χ4v) is 2.40. The number of carbonyl (C=O) groups excluding carboxylic acids is 1. The summed E-state index contributed by atoms with van der Waals surface area (Å²) in [6.45, 7) is 5.74. The lowest BCUT2D eigenvalue weighted by Gasteiger charge is -2.17. The molecular formula is C17H23N3O3. The van der Waals surface area contributed by atoms with Gasteiger partial charge in [-0.3, -0.25) is 9.59 Å². The Morgan fingerprint density at radius 1 is 1.35 bits per heavy atom. The average molecular weight is 317 g/mol. The molecule has 0 bridgehead atoms. The van der Waals surface area contributed by atoms with Crippen LogP contribution in [0.15, 0.2) is 29.1 Å². The molecular weight excluding hydrogens is 294 g/mol. The molecule has 0 radical (unpaired) electrons. The summed E-state index contributed by atoms with van der Waals surface area (Å²) < 4.78 is 1.17. The molecule has 6 heteroatoms. The molecule has 2 N–H and O–H groups in total. The third-order valence-corrected chi connectivity index (χ3v) is 4.15. The first-order valence-corrected chi connectivity index (χ1v) is 7.85. The third-order valence-electron chi connectivity index (χ3n) is 4.15. The SMILES string of the molecule is CCC(C)C(O)CNC(=O)Cn1nc(C)c2ccccc2c1=O. The van der Waals surface area contributed by atoms with E-state index in [0.29, 0.717) is 11.1 Å². The summed E-state index contributed by atoms with van der Waals surface area (Å²) in [7, 11) is 0. The van der Waals surface area contributed by atoms with E-state index in [1.165, 1.54) is 4.68 Å². The van der Waals surface area contributed by atoms with E-state index in [1.807, 2.05) is 32.9 Å². The number of fused-ring (bicyclic) bond motifs is 1. The van der Waals surface area contributed by atoms with Gasteiger partial charge in [-0.2, -0.15) is 5.10 Å². The van der Waals surface area contributed by atoms with Crippen LogP contribution in [0.25, 0.3) is 10.8 Å². The summed E-state index contributed by atoms with van der Waals surface area (Å²) >= 11 is 0. The number of rotatable bonds is 6. The van der Waals surface area contributed by atoms with Gasteiger partial charge in [-0.05, 0) is 18.9 Å². The average Bonchev–Trinajstić information content (AvgIpc) is 2.56. The fourth-order valence-electron chi connectivity index (χ4n) is 2.40. The van der Waals surface area contributed by atoms with E-state index in [1.54, 1.807) is 12.1 Å². The van der Waals surface area contributed by atoms with Gasteiger partial charge < -0.3 is 10.4 Å². The number of hydrogen-bond donors (Lipinski definition) is 2. The van der Waals surface area contributed by atoms with Crippen LogP contribution in [0.4, 0.5) is 0 Å². The molecule has 0 aliphatic carbocycles. The largest absolute Gasteiger partial charge is 0.391 e. The Morgan fingerprint density at radius 2 is 2.00 bits per heavy atom. The van der Waals surface area contributed by atoms with E-state index < -0.39 is 6.10 Å². The van der Waals surface area contributed by atoms with Crippen LogP contribution in [0.3, 0.4) is 0 Å². The number of benzene rings is 1. The van der Waals surface area contributed by atoms with Gasteiger partial charge in [0.15, 0.2) is 0 Å². The molecule has 1 heterocycles. The number of aryl methyl sites for hydroxylation is 1. The first-order chi connectivity index (χ1) is 10.9. The second-order valence-electron chi connectivity index (χ2n) is 5.85. The van der Waals surface area contributed by atoms with Gasteiger partial charge >= 0.3 is 0 Å². The van der Waals surface area contributed by atoms with Crippen LogP contribution < -0.4 is 10.9 Å². The molecule has 1 aromatic heterocycles. The third kappa shape index (κ3) is 3.96. The molecule has 6 nitrogen and oxygen atoms in total.